The lowest BCUT2D eigenvalue weighted by atomic mass is 9.81. The minimum Gasteiger partial charge on any atom is -0.392 e. The summed E-state index contributed by atoms with van der Waals surface area (Å²) in [5, 5.41) is 21.7. The largest absolute Gasteiger partial charge is 0.392 e. The third-order valence-corrected chi connectivity index (χ3v) is 6.96. The van der Waals surface area contributed by atoms with E-state index >= 15 is 0 Å². The molecule has 8 heteroatoms. The molecule has 0 unspecified atom stereocenters. The average Bonchev–Trinajstić information content (AvgIpc) is 3.27. The van der Waals surface area contributed by atoms with Crippen molar-refractivity contribution in [3.8, 4) is 6.07 Å². The monoisotopic (exact) mass is 468 g/mol. The summed E-state index contributed by atoms with van der Waals surface area (Å²) < 4.78 is 26.9. The first-order valence-corrected chi connectivity index (χ1v) is 11.9. The number of hydrogen-bond acceptors (Lipinski definition) is 4. The van der Waals surface area contributed by atoms with Gasteiger partial charge in [0.25, 0.3) is 0 Å². The van der Waals surface area contributed by atoms with Gasteiger partial charge in [-0.1, -0.05) is 12.1 Å². The number of aliphatic hydroxyl groups is 1. The Bertz CT molecular complexity index is 1050. The third-order valence-electron chi connectivity index (χ3n) is 6.96. The highest BCUT2D eigenvalue weighted by atomic mass is 19.2. The standard InChI is InChI=1S/C26H30F2N4O2/c27-24-9-6-21(15-25(24)28)30-26(34)32(13-12-31-11-10-23(33)17-31)22-7-4-19(5-8-22)20-3-1-2-18(14-20)16-29/h1-3,6,9,14-15,19,22-23,33H,4-5,7-8,10-13,17H2,(H,30,34)/t19?,22?,23-/m1/s1. The topological polar surface area (TPSA) is 79.6 Å². The number of urea groups is 1. The molecule has 180 valence electrons. The number of nitrogens with one attached hydrogen (secondary N) is 1. The van der Waals surface area contributed by atoms with Gasteiger partial charge in [-0.15, -0.1) is 0 Å². The first kappa shape index (κ1) is 24.1. The molecule has 2 fully saturated rings. The molecule has 1 aliphatic carbocycles. The van der Waals surface area contributed by atoms with Gasteiger partial charge in [0.1, 0.15) is 0 Å². The quantitative estimate of drug-likeness (QED) is 0.656. The van der Waals surface area contributed by atoms with Crippen molar-refractivity contribution < 1.29 is 18.7 Å². The van der Waals surface area contributed by atoms with Gasteiger partial charge < -0.3 is 15.3 Å². The molecule has 1 saturated heterocycles. The van der Waals surface area contributed by atoms with Crippen LogP contribution in [0.5, 0.6) is 0 Å². The lowest BCUT2D eigenvalue weighted by Crippen LogP contribution is -2.47. The molecule has 0 aromatic heterocycles. The first-order chi connectivity index (χ1) is 16.4. The molecule has 1 heterocycles. The van der Waals surface area contributed by atoms with Crippen LogP contribution in [0.25, 0.3) is 0 Å². The summed E-state index contributed by atoms with van der Waals surface area (Å²) in [6.07, 6.45) is 3.83. The molecule has 34 heavy (non-hydrogen) atoms. The van der Waals surface area contributed by atoms with Crippen molar-refractivity contribution in [2.45, 2.75) is 50.2 Å². The molecule has 2 aromatic rings. The number of amides is 2. The van der Waals surface area contributed by atoms with Gasteiger partial charge in [0.2, 0.25) is 0 Å². The van der Waals surface area contributed by atoms with Crippen LogP contribution >= 0.6 is 0 Å². The zero-order valence-corrected chi connectivity index (χ0v) is 19.1. The van der Waals surface area contributed by atoms with Crippen molar-refractivity contribution >= 4 is 11.7 Å². The van der Waals surface area contributed by atoms with Gasteiger partial charge in [0.15, 0.2) is 11.6 Å². The van der Waals surface area contributed by atoms with E-state index in [1.807, 2.05) is 12.1 Å². The fourth-order valence-corrected chi connectivity index (χ4v) is 5.07. The van der Waals surface area contributed by atoms with Gasteiger partial charge in [-0.05, 0) is 67.9 Å². The number of likely N-dealkylation sites (tertiary alicyclic amines) is 1. The molecule has 2 amide bonds. The molecule has 0 spiro atoms. The lowest BCUT2D eigenvalue weighted by molar-refractivity contribution is 0.143. The Hall–Kier alpha value is -3.02. The minimum atomic E-state index is -1.00. The van der Waals surface area contributed by atoms with Crippen LogP contribution in [-0.2, 0) is 0 Å². The molecular weight excluding hydrogens is 438 g/mol. The average molecular weight is 469 g/mol. The van der Waals surface area contributed by atoms with E-state index in [1.54, 1.807) is 11.0 Å². The maximum atomic E-state index is 13.6. The smallest absolute Gasteiger partial charge is 0.322 e. The zero-order valence-electron chi connectivity index (χ0n) is 19.1. The number of rotatable bonds is 6. The van der Waals surface area contributed by atoms with Crippen LogP contribution in [-0.4, -0.2) is 59.3 Å². The summed E-state index contributed by atoms with van der Waals surface area (Å²) in [7, 11) is 0. The second-order valence-electron chi connectivity index (χ2n) is 9.24. The van der Waals surface area contributed by atoms with Gasteiger partial charge in [-0.2, -0.15) is 5.26 Å². The highest BCUT2D eigenvalue weighted by Crippen LogP contribution is 2.35. The van der Waals surface area contributed by atoms with Crippen LogP contribution < -0.4 is 5.32 Å². The van der Waals surface area contributed by atoms with Crippen molar-refractivity contribution in [2.24, 2.45) is 0 Å². The summed E-state index contributed by atoms with van der Waals surface area (Å²) in [6.45, 7) is 2.52. The summed E-state index contributed by atoms with van der Waals surface area (Å²) in [5.74, 6) is -1.62. The van der Waals surface area contributed by atoms with E-state index in [-0.39, 0.29) is 23.9 Å². The van der Waals surface area contributed by atoms with Gasteiger partial charge in [-0.25, -0.2) is 13.6 Å². The number of benzene rings is 2. The Kier molecular flexibility index (Phi) is 7.76. The normalized spacial score (nSPS) is 22.8. The number of nitrogens with zero attached hydrogens (tertiary/aromatic N) is 3. The fraction of sp³-hybridized carbons (Fsp3) is 0.462. The van der Waals surface area contributed by atoms with E-state index in [9.17, 15) is 23.9 Å². The number of carbonyl (C=O) groups is 1. The molecule has 2 N–H and O–H groups in total. The molecule has 0 radical (unpaired) electrons. The van der Waals surface area contributed by atoms with Crippen LogP contribution in [0.3, 0.4) is 0 Å². The molecule has 1 atom stereocenters. The summed E-state index contributed by atoms with van der Waals surface area (Å²) in [6, 6.07) is 12.9. The highest BCUT2D eigenvalue weighted by Gasteiger charge is 2.31. The number of β-amino-alcohol motifs (C(OH)–C–C–N with tert-alkyl or cyclic N) is 1. The predicted octanol–water partition coefficient (Wildman–Crippen LogP) is 4.46. The van der Waals surface area contributed by atoms with Crippen LogP contribution in [0.1, 0.15) is 49.1 Å². The Balaban J connectivity index is 1.43. The molecule has 0 bridgehead atoms. The molecule has 2 aliphatic rings. The highest BCUT2D eigenvalue weighted by molar-refractivity contribution is 5.89. The molecule has 6 nitrogen and oxygen atoms in total. The van der Waals surface area contributed by atoms with Gasteiger partial charge >= 0.3 is 6.03 Å². The lowest BCUT2D eigenvalue weighted by Gasteiger charge is -2.38. The number of carbonyl (C=O) groups excluding carboxylic acids is 1. The molecule has 1 aliphatic heterocycles. The number of anilines is 1. The second-order valence-corrected chi connectivity index (χ2v) is 9.24. The van der Waals surface area contributed by atoms with Crippen LogP contribution in [0.2, 0.25) is 0 Å². The Morgan fingerprint density at radius 3 is 2.59 bits per heavy atom. The molecule has 1 saturated carbocycles. The molecular formula is C26H30F2N4O2. The van der Waals surface area contributed by atoms with Gasteiger partial charge in [0.05, 0.1) is 17.7 Å². The third kappa shape index (κ3) is 5.91. The van der Waals surface area contributed by atoms with Crippen LogP contribution in [0, 0.1) is 23.0 Å². The van der Waals surface area contributed by atoms with Crippen molar-refractivity contribution in [1.82, 2.24) is 9.80 Å². The first-order valence-electron chi connectivity index (χ1n) is 11.9. The maximum Gasteiger partial charge on any atom is 0.322 e. The van der Waals surface area contributed by atoms with Crippen molar-refractivity contribution in [1.29, 1.82) is 5.26 Å². The van der Waals surface area contributed by atoms with E-state index in [4.69, 9.17) is 0 Å². The number of aliphatic hydroxyl groups excluding tert-OH is 1. The Morgan fingerprint density at radius 1 is 1.12 bits per heavy atom. The van der Waals surface area contributed by atoms with E-state index in [0.29, 0.717) is 31.1 Å². The predicted molar refractivity (Wildman–Crippen MR) is 125 cm³/mol. The minimum absolute atomic E-state index is 0.0215. The van der Waals surface area contributed by atoms with Crippen molar-refractivity contribution in [2.75, 3.05) is 31.5 Å². The maximum absolute atomic E-state index is 13.6. The SMILES string of the molecule is N#Cc1cccc(C2CCC(N(CCN3CC[C@@H](O)C3)C(=O)Nc3ccc(F)c(F)c3)CC2)c1. The van der Waals surface area contributed by atoms with E-state index in [2.05, 4.69) is 22.4 Å². The second kappa shape index (κ2) is 10.9. The Labute approximate surface area is 198 Å². The fourth-order valence-electron chi connectivity index (χ4n) is 5.07. The number of halogens is 2. The Morgan fingerprint density at radius 2 is 1.91 bits per heavy atom. The molecule has 4 rings (SSSR count). The molecule has 2 aromatic carbocycles. The summed E-state index contributed by atoms with van der Waals surface area (Å²) in [5.41, 5.74) is 2.02. The van der Waals surface area contributed by atoms with Gasteiger partial charge in [-0.3, -0.25) is 4.90 Å². The van der Waals surface area contributed by atoms with Gasteiger partial charge in [0, 0.05) is 44.0 Å². The van der Waals surface area contributed by atoms with E-state index in [0.717, 1.165) is 56.3 Å². The number of hydrogen-bond donors (Lipinski definition) is 2. The van der Waals surface area contributed by atoms with Crippen molar-refractivity contribution in [3.05, 3.63) is 65.2 Å². The van der Waals surface area contributed by atoms with E-state index < -0.39 is 11.6 Å². The van der Waals surface area contributed by atoms with E-state index in [1.165, 1.54) is 6.07 Å². The zero-order chi connectivity index (χ0) is 24.1. The summed E-state index contributed by atoms with van der Waals surface area (Å²) in [4.78, 5) is 17.1. The number of nitriles is 1. The summed E-state index contributed by atoms with van der Waals surface area (Å²) >= 11 is 0. The van der Waals surface area contributed by atoms with Crippen molar-refractivity contribution in [3.63, 3.8) is 0 Å². The van der Waals surface area contributed by atoms with Crippen LogP contribution in [0.15, 0.2) is 42.5 Å². The van der Waals surface area contributed by atoms with Crippen LogP contribution in [0.4, 0.5) is 19.3 Å².